The number of imidazole rings is 1. The van der Waals surface area contributed by atoms with Crippen LogP contribution in [0.3, 0.4) is 0 Å². The summed E-state index contributed by atoms with van der Waals surface area (Å²) in [5, 5.41) is 0. The molecule has 3 rings (SSSR count). The maximum absolute atomic E-state index is 5.35. The minimum Gasteiger partial charge on any atom is -0.495 e. The standard InChI is InChI=1S/C14H19N3O2/c1-18-13-2-3-14-15-12(10-17(14)11-13)4-5-16-6-8-19-9-7-16/h2-3,10-11H,4-9H2,1H3. The second-order valence-electron chi connectivity index (χ2n) is 4.77. The molecule has 0 atom stereocenters. The Balaban J connectivity index is 1.67. The van der Waals surface area contributed by atoms with E-state index in [4.69, 9.17) is 9.47 Å². The first-order chi connectivity index (χ1) is 9.35. The van der Waals surface area contributed by atoms with Crippen molar-refractivity contribution in [2.24, 2.45) is 0 Å². The summed E-state index contributed by atoms with van der Waals surface area (Å²) in [7, 11) is 1.68. The Morgan fingerprint density at radius 2 is 2.11 bits per heavy atom. The van der Waals surface area contributed by atoms with Crippen molar-refractivity contribution in [3.8, 4) is 5.75 Å². The normalized spacial score (nSPS) is 16.9. The van der Waals surface area contributed by atoms with Gasteiger partial charge in [-0.15, -0.1) is 0 Å². The van der Waals surface area contributed by atoms with Crippen molar-refractivity contribution in [1.29, 1.82) is 0 Å². The molecule has 1 aliphatic heterocycles. The zero-order valence-corrected chi connectivity index (χ0v) is 11.2. The average molecular weight is 261 g/mol. The fourth-order valence-corrected chi connectivity index (χ4v) is 2.36. The van der Waals surface area contributed by atoms with Crippen LogP contribution >= 0.6 is 0 Å². The van der Waals surface area contributed by atoms with Crippen LogP contribution in [0.15, 0.2) is 24.5 Å². The van der Waals surface area contributed by atoms with Crippen molar-refractivity contribution in [2.45, 2.75) is 6.42 Å². The van der Waals surface area contributed by atoms with E-state index >= 15 is 0 Å². The van der Waals surface area contributed by atoms with Crippen LogP contribution in [0.2, 0.25) is 0 Å². The van der Waals surface area contributed by atoms with Crippen LogP contribution < -0.4 is 4.74 Å². The Morgan fingerprint density at radius 3 is 2.89 bits per heavy atom. The lowest BCUT2D eigenvalue weighted by molar-refractivity contribution is 0.0383. The van der Waals surface area contributed by atoms with Crippen molar-refractivity contribution in [1.82, 2.24) is 14.3 Å². The number of methoxy groups -OCH3 is 1. The average Bonchev–Trinajstić information content (AvgIpc) is 2.88. The van der Waals surface area contributed by atoms with Gasteiger partial charge in [0.1, 0.15) is 11.4 Å². The van der Waals surface area contributed by atoms with Crippen LogP contribution in [0.1, 0.15) is 5.69 Å². The molecule has 102 valence electrons. The summed E-state index contributed by atoms with van der Waals surface area (Å²) in [6, 6.07) is 3.92. The van der Waals surface area contributed by atoms with Gasteiger partial charge in [0, 0.05) is 32.3 Å². The molecule has 0 bridgehead atoms. The molecule has 2 aromatic heterocycles. The number of rotatable bonds is 4. The third-order valence-electron chi connectivity index (χ3n) is 3.50. The molecule has 0 saturated carbocycles. The summed E-state index contributed by atoms with van der Waals surface area (Å²) in [6.45, 7) is 4.80. The van der Waals surface area contributed by atoms with Gasteiger partial charge < -0.3 is 13.9 Å². The highest BCUT2D eigenvalue weighted by molar-refractivity contribution is 5.43. The summed E-state index contributed by atoms with van der Waals surface area (Å²) >= 11 is 0. The highest BCUT2D eigenvalue weighted by atomic mass is 16.5. The summed E-state index contributed by atoms with van der Waals surface area (Å²) in [4.78, 5) is 7.05. The Kier molecular flexibility index (Phi) is 3.66. The zero-order valence-electron chi connectivity index (χ0n) is 11.2. The molecule has 0 amide bonds. The SMILES string of the molecule is COc1ccc2nc(CCN3CCOCC3)cn2c1. The van der Waals surface area contributed by atoms with Crippen molar-refractivity contribution in [3.05, 3.63) is 30.2 Å². The predicted molar refractivity (Wildman–Crippen MR) is 72.7 cm³/mol. The highest BCUT2D eigenvalue weighted by Gasteiger charge is 2.11. The van der Waals surface area contributed by atoms with Gasteiger partial charge in [0.2, 0.25) is 0 Å². The van der Waals surface area contributed by atoms with E-state index in [0.717, 1.165) is 56.4 Å². The largest absolute Gasteiger partial charge is 0.495 e. The van der Waals surface area contributed by atoms with Crippen LogP contribution in [0.25, 0.3) is 5.65 Å². The van der Waals surface area contributed by atoms with Gasteiger partial charge in [-0.2, -0.15) is 0 Å². The number of nitrogens with zero attached hydrogens (tertiary/aromatic N) is 3. The Hall–Kier alpha value is -1.59. The Bertz CT molecular complexity index is 547. The molecule has 5 nitrogen and oxygen atoms in total. The minimum absolute atomic E-state index is 0.850. The summed E-state index contributed by atoms with van der Waals surface area (Å²) < 4.78 is 12.6. The van der Waals surface area contributed by atoms with Crippen LogP contribution in [-0.2, 0) is 11.2 Å². The molecule has 3 heterocycles. The topological polar surface area (TPSA) is 39.0 Å². The molecule has 1 aliphatic rings. The molecule has 0 N–H and O–H groups in total. The van der Waals surface area contributed by atoms with E-state index in [1.165, 1.54) is 0 Å². The van der Waals surface area contributed by atoms with E-state index in [2.05, 4.69) is 16.1 Å². The lowest BCUT2D eigenvalue weighted by Crippen LogP contribution is -2.37. The lowest BCUT2D eigenvalue weighted by atomic mass is 10.3. The predicted octanol–water partition coefficient (Wildman–Crippen LogP) is 1.22. The van der Waals surface area contributed by atoms with E-state index in [1.807, 2.05) is 22.7 Å². The van der Waals surface area contributed by atoms with Crippen LogP contribution in [0.5, 0.6) is 5.75 Å². The third kappa shape index (κ3) is 2.88. The molecule has 0 spiro atoms. The molecular formula is C14H19N3O2. The van der Waals surface area contributed by atoms with Gasteiger partial charge in [0.05, 0.1) is 32.2 Å². The number of pyridine rings is 1. The second kappa shape index (κ2) is 5.59. The van der Waals surface area contributed by atoms with Gasteiger partial charge in [-0.25, -0.2) is 4.98 Å². The molecule has 0 aromatic carbocycles. The fourth-order valence-electron chi connectivity index (χ4n) is 2.36. The molecule has 1 saturated heterocycles. The van der Waals surface area contributed by atoms with Crippen molar-refractivity contribution < 1.29 is 9.47 Å². The van der Waals surface area contributed by atoms with E-state index in [9.17, 15) is 0 Å². The molecule has 0 radical (unpaired) electrons. The molecule has 0 aliphatic carbocycles. The Morgan fingerprint density at radius 1 is 1.26 bits per heavy atom. The number of hydrogen-bond donors (Lipinski definition) is 0. The quantitative estimate of drug-likeness (QED) is 0.829. The number of fused-ring (bicyclic) bond motifs is 1. The molecule has 5 heteroatoms. The van der Waals surface area contributed by atoms with Gasteiger partial charge in [-0.3, -0.25) is 4.90 Å². The van der Waals surface area contributed by atoms with Crippen molar-refractivity contribution in [2.75, 3.05) is 40.0 Å². The number of ether oxygens (including phenoxy) is 2. The maximum atomic E-state index is 5.35. The van der Waals surface area contributed by atoms with Gasteiger partial charge in [-0.1, -0.05) is 0 Å². The van der Waals surface area contributed by atoms with Crippen molar-refractivity contribution >= 4 is 5.65 Å². The van der Waals surface area contributed by atoms with Gasteiger partial charge >= 0.3 is 0 Å². The summed E-state index contributed by atoms with van der Waals surface area (Å²) in [5.41, 5.74) is 2.09. The van der Waals surface area contributed by atoms with E-state index < -0.39 is 0 Å². The van der Waals surface area contributed by atoms with Crippen LogP contribution in [0, 0.1) is 0 Å². The Labute approximate surface area is 112 Å². The third-order valence-corrected chi connectivity index (χ3v) is 3.50. The second-order valence-corrected chi connectivity index (χ2v) is 4.77. The van der Waals surface area contributed by atoms with Crippen LogP contribution in [-0.4, -0.2) is 54.2 Å². The first-order valence-electron chi connectivity index (χ1n) is 6.67. The van der Waals surface area contributed by atoms with E-state index in [0.29, 0.717) is 0 Å². The molecule has 1 fully saturated rings. The molecule has 0 unspecified atom stereocenters. The van der Waals surface area contributed by atoms with E-state index in [1.54, 1.807) is 7.11 Å². The fraction of sp³-hybridized carbons (Fsp3) is 0.500. The highest BCUT2D eigenvalue weighted by Crippen LogP contribution is 2.13. The van der Waals surface area contributed by atoms with Crippen LogP contribution in [0.4, 0.5) is 0 Å². The first-order valence-corrected chi connectivity index (χ1v) is 6.67. The van der Waals surface area contributed by atoms with Gasteiger partial charge in [0.25, 0.3) is 0 Å². The maximum Gasteiger partial charge on any atom is 0.137 e. The monoisotopic (exact) mass is 261 g/mol. The number of aromatic nitrogens is 2. The minimum atomic E-state index is 0.850. The number of hydrogen-bond acceptors (Lipinski definition) is 4. The zero-order chi connectivity index (χ0) is 13.1. The number of morpholine rings is 1. The summed E-state index contributed by atoms with van der Waals surface area (Å²) in [6.07, 6.45) is 5.02. The first kappa shape index (κ1) is 12.4. The lowest BCUT2D eigenvalue weighted by Gasteiger charge is -2.26. The molecule has 2 aromatic rings. The van der Waals surface area contributed by atoms with Crippen molar-refractivity contribution in [3.63, 3.8) is 0 Å². The summed E-state index contributed by atoms with van der Waals surface area (Å²) in [5.74, 6) is 0.852. The smallest absolute Gasteiger partial charge is 0.137 e. The van der Waals surface area contributed by atoms with E-state index in [-0.39, 0.29) is 0 Å². The molecule has 19 heavy (non-hydrogen) atoms. The van der Waals surface area contributed by atoms with Gasteiger partial charge in [-0.05, 0) is 12.1 Å². The van der Waals surface area contributed by atoms with Gasteiger partial charge in [0.15, 0.2) is 0 Å². The molecular weight excluding hydrogens is 242 g/mol.